The Morgan fingerprint density at radius 2 is 1.83 bits per heavy atom. The van der Waals surface area contributed by atoms with Crippen molar-refractivity contribution in [2.45, 2.75) is 25.0 Å². The van der Waals surface area contributed by atoms with Crippen molar-refractivity contribution >= 4 is 26.7 Å². The summed E-state index contributed by atoms with van der Waals surface area (Å²) in [6.45, 7) is 4.52. The first-order valence-electron chi connectivity index (χ1n) is 9.50. The quantitative estimate of drug-likeness (QED) is 0.645. The molecule has 0 unspecified atom stereocenters. The van der Waals surface area contributed by atoms with Gasteiger partial charge in [-0.1, -0.05) is 38.1 Å². The Balaban J connectivity index is 1.58. The third-order valence-corrected chi connectivity index (χ3v) is 5.97. The number of benzene rings is 2. The fraction of sp³-hybridized carbons (Fsp3) is 0.318. The SMILES string of the molecule is CC(C)(CNC(=O)c1oc2ccccc2c1CS(C)(=O)=O)c1ccc2c(c1)OCO2. The van der Waals surface area contributed by atoms with Crippen LogP contribution in [0.5, 0.6) is 11.5 Å². The topological polar surface area (TPSA) is 94.8 Å². The van der Waals surface area contributed by atoms with Crippen LogP contribution in [0.15, 0.2) is 46.9 Å². The van der Waals surface area contributed by atoms with Gasteiger partial charge in [-0.15, -0.1) is 0 Å². The Hall–Kier alpha value is -3.00. The van der Waals surface area contributed by atoms with Crippen LogP contribution in [-0.4, -0.2) is 33.9 Å². The zero-order chi connectivity index (χ0) is 21.5. The lowest BCUT2D eigenvalue weighted by atomic mass is 9.84. The van der Waals surface area contributed by atoms with Crippen molar-refractivity contribution in [1.82, 2.24) is 5.32 Å². The van der Waals surface area contributed by atoms with Crippen molar-refractivity contribution in [3.8, 4) is 11.5 Å². The molecule has 0 saturated carbocycles. The molecule has 0 bridgehead atoms. The first kappa shape index (κ1) is 20.3. The van der Waals surface area contributed by atoms with Crippen LogP contribution in [0.1, 0.15) is 35.5 Å². The van der Waals surface area contributed by atoms with Gasteiger partial charge in [-0.25, -0.2) is 8.42 Å². The van der Waals surface area contributed by atoms with Gasteiger partial charge in [0.05, 0.1) is 5.75 Å². The van der Waals surface area contributed by atoms with Crippen LogP contribution in [0.4, 0.5) is 0 Å². The Bertz CT molecular complexity index is 1230. The number of carbonyl (C=O) groups excluding carboxylic acids is 1. The predicted octanol–water partition coefficient (Wildman–Crippen LogP) is 3.41. The summed E-state index contributed by atoms with van der Waals surface area (Å²) < 4.78 is 40.4. The zero-order valence-corrected chi connectivity index (χ0v) is 17.8. The summed E-state index contributed by atoms with van der Waals surface area (Å²) in [7, 11) is -3.35. The van der Waals surface area contributed by atoms with E-state index in [1.54, 1.807) is 24.3 Å². The average molecular weight is 429 g/mol. The lowest BCUT2D eigenvalue weighted by molar-refractivity contribution is 0.0919. The van der Waals surface area contributed by atoms with E-state index in [9.17, 15) is 13.2 Å². The van der Waals surface area contributed by atoms with Gasteiger partial charge in [-0.2, -0.15) is 0 Å². The summed E-state index contributed by atoms with van der Waals surface area (Å²) in [5.74, 6) is 0.700. The van der Waals surface area contributed by atoms with Crippen LogP contribution < -0.4 is 14.8 Å². The smallest absolute Gasteiger partial charge is 0.287 e. The number of sulfone groups is 1. The molecule has 8 heteroatoms. The fourth-order valence-corrected chi connectivity index (χ4v) is 4.30. The monoisotopic (exact) mass is 429 g/mol. The Morgan fingerprint density at radius 1 is 1.10 bits per heavy atom. The molecule has 0 radical (unpaired) electrons. The first-order chi connectivity index (χ1) is 14.1. The van der Waals surface area contributed by atoms with E-state index in [0.717, 1.165) is 11.8 Å². The second kappa shape index (κ2) is 7.36. The summed E-state index contributed by atoms with van der Waals surface area (Å²) in [6.07, 6.45) is 1.14. The first-order valence-corrected chi connectivity index (χ1v) is 11.6. The van der Waals surface area contributed by atoms with Crippen LogP contribution in [0, 0.1) is 0 Å². The highest BCUT2D eigenvalue weighted by molar-refractivity contribution is 7.89. The molecular formula is C22H23NO6S. The number of nitrogens with one attached hydrogen (secondary N) is 1. The molecule has 1 aliphatic heterocycles. The minimum Gasteiger partial charge on any atom is -0.454 e. The molecule has 1 aliphatic rings. The number of hydrogen-bond acceptors (Lipinski definition) is 6. The number of carbonyl (C=O) groups is 1. The third-order valence-electron chi connectivity index (χ3n) is 5.16. The van der Waals surface area contributed by atoms with Gasteiger partial charge in [0.25, 0.3) is 5.91 Å². The number of furan rings is 1. The molecule has 2 heterocycles. The van der Waals surface area contributed by atoms with Gasteiger partial charge in [0.2, 0.25) is 6.79 Å². The lowest BCUT2D eigenvalue weighted by Gasteiger charge is -2.25. The van der Waals surface area contributed by atoms with E-state index >= 15 is 0 Å². The van der Waals surface area contributed by atoms with Gasteiger partial charge >= 0.3 is 0 Å². The van der Waals surface area contributed by atoms with Crippen LogP contribution in [0.3, 0.4) is 0 Å². The zero-order valence-electron chi connectivity index (χ0n) is 17.0. The van der Waals surface area contributed by atoms with E-state index in [1.807, 2.05) is 32.0 Å². The average Bonchev–Trinajstić information content (AvgIpc) is 3.29. The number of para-hydroxylation sites is 1. The van der Waals surface area contributed by atoms with Crippen LogP contribution in [0.25, 0.3) is 11.0 Å². The molecule has 158 valence electrons. The van der Waals surface area contributed by atoms with E-state index in [2.05, 4.69) is 5.32 Å². The molecule has 0 saturated heterocycles. The normalized spacial score (nSPS) is 13.6. The van der Waals surface area contributed by atoms with Crippen LogP contribution in [-0.2, 0) is 21.0 Å². The standard InChI is InChI=1S/C22H23NO6S/c1-22(2,14-8-9-18-19(10-14)28-13-27-18)12-23-21(24)20-16(11-30(3,25)26)15-6-4-5-7-17(15)29-20/h4-10H,11-13H2,1-3H3,(H,23,24). The number of rotatable bonds is 6. The summed E-state index contributed by atoms with van der Waals surface area (Å²) in [4.78, 5) is 12.9. The molecular weight excluding hydrogens is 406 g/mol. The molecule has 4 rings (SSSR count). The molecule has 0 fully saturated rings. The van der Waals surface area contributed by atoms with Crippen molar-refractivity contribution < 1.29 is 27.1 Å². The van der Waals surface area contributed by atoms with E-state index in [4.69, 9.17) is 13.9 Å². The predicted molar refractivity (Wildman–Crippen MR) is 113 cm³/mol. The van der Waals surface area contributed by atoms with E-state index in [0.29, 0.717) is 34.6 Å². The summed E-state index contributed by atoms with van der Waals surface area (Å²) in [6, 6.07) is 12.7. The van der Waals surface area contributed by atoms with Gasteiger partial charge in [0.1, 0.15) is 5.58 Å². The highest BCUT2D eigenvalue weighted by atomic mass is 32.2. The number of fused-ring (bicyclic) bond motifs is 2. The maximum absolute atomic E-state index is 12.9. The highest BCUT2D eigenvalue weighted by Gasteiger charge is 2.27. The molecule has 0 atom stereocenters. The van der Waals surface area contributed by atoms with Crippen LogP contribution >= 0.6 is 0 Å². The van der Waals surface area contributed by atoms with E-state index in [1.165, 1.54) is 0 Å². The molecule has 1 amide bonds. The minimum atomic E-state index is -3.35. The molecule has 7 nitrogen and oxygen atoms in total. The second-order valence-electron chi connectivity index (χ2n) is 8.11. The summed E-state index contributed by atoms with van der Waals surface area (Å²) in [5.41, 5.74) is 1.44. The molecule has 0 spiro atoms. The van der Waals surface area contributed by atoms with Gasteiger partial charge in [0.15, 0.2) is 27.1 Å². The molecule has 30 heavy (non-hydrogen) atoms. The lowest BCUT2D eigenvalue weighted by Crippen LogP contribution is -2.36. The highest BCUT2D eigenvalue weighted by Crippen LogP contribution is 2.36. The summed E-state index contributed by atoms with van der Waals surface area (Å²) in [5, 5.41) is 3.52. The maximum Gasteiger partial charge on any atom is 0.287 e. The summed E-state index contributed by atoms with van der Waals surface area (Å²) >= 11 is 0. The molecule has 1 aromatic heterocycles. The molecule has 3 aromatic rings. The third kappa shape index (κ3) is 4.00. The van der Waals surface area contributed by atoms with Gasteiger partial charge in [-0.05, 0) is 23.8 Å². The van der Waals surface area contributed by atoms with Gasteiger partial charge in [-0.3, -0.25) is 4.79 Å². The van der Waals surface area contributed by atoms with Gasteiger partial charge in [0, 0.05) is 29.2 Å². The number of amides is 1. The molecule has 1 N–H and O–H groups in total. The number of hydrogen-bond donors (Lipinski definition) is 1. The van der Waals surface area contributed by atoms with Crippen molar-refractivity contribution in [3.05, 3.63) is 59.4 Å². The fourth-order valence-electron chi connectivity index (χ4n) is 3.49. The van der Waals surface area contributed by atoms with Crippen molar-refractivity contribution in [2.24, 2.45) is 0 Å². The Labute approximate surface area is 174 Å². The van der Waals surface area contributed by atoms with E-state index in [-0.39, 0.29) is 18.3 Å². The van der Waals surface area contributed by atoms with Crippen molar-refractivity contribution in [2.75, 3.05) is 19.6 Å². The van der Waals surface area contributed by atoms with Crippen molar-refractivity contribution in [3.63, 3.8) is 0 Å². The maximum atomic E-state index is 12.9. The Morgan fingerprint density at radius 3 is 2.60 bits per heavy atom. The van der Waals surface area contributed by atoms with Crippen molar-refractivity contribution in [1.29, 1.82) is 0 Å². The largest absolute Gasteiger partial charge is 0.454 e. The second-order valence-corrected chi connectivity index (χ2v) is 10.3. The Kier molecular flexibility index (Phi) is 4.97. The van der Waals surface area contributed by atoms with E-state index < -0.39 is 21.2 Å². The van der Waals surface area contributed by atoms with Crippen LogP contribution in [0.2, 0.25) is 0 Å². The molecule has 0 aliphatic carbocycles. The minimum absolute atomic E-state index is 0.0307. The number of ether oxygens (including phenoxy) is 2. The van der Waals surface area contributed by atoms with Gasteiger partial charge < -0.3 is 19.2 Å². The molecule has 2 aromatic carbocycles.